The summed E-state index contributed by atoms with van der Waals surface area (Å²) in [6.07, 6.45) is 3.90. The Morgan fingerprint density at radius 1 is 1.33 bits per heavy atom. The van der Waals surface area contributed by atoms with Crippen LogP contribution in [0.1, 0.15) is 25.8 Å². The van der Waals surface area contributed by atoms with Crippen LogP contribution in [0.5, 0.6) is 5.75 Å². The van der Waals surface area contributed by atoms with Crippen molar-refractivity contribution in [2.45, 2.75) is 32.7 Å². The molecule has 1 aromatic rings. The summed E-state index contributed by atoms with van der Waals surface area (Å²) in [5.41, 5.74) is 0.811. The molecule has 1 amide bonds. The van der Waals surface area contributed by atoms with Gasteiger partial charge in [0.15, 0.2) is 0 Å². The summed E-state index contributed by atoms with van der Waals surface area (Å²) in [6, 6.07) is 6.29. The topological polar surface area (TPSA) is 75.6 Å². The van der Waals surface area contributed by atoms with E-state index in [-0.39, 0.29) is 18.7 Å². The molecular formula is C16H21NO4. The number of nitrogens with one attached hydrogen (secondary N) is 1. The maximum absolute atomic E-state index is 11.9. The maximum Gasteiger partial charge on any atom is 0.326 e. The molecule has 114 valence electrons. The predicted molar refractivity (Wildman–Crippen MR) is 80.3 cm³/mol. The molecule has 0 bridgehead atoms. The van der Waals surface area contributed by atoms with Crippen molar-refractivity contribution in [3.05, 3.63) is 42.0 Å². The number of carboxylic acid groups (broad SMARTS) is 1. The molecule has 0 saturated carbocycles. The second kappa shape index (κ2) is 8.79. The first-order chi connectivity index (χ1) is 10.1. The molecule has 1 rings (SSSR count). The Kier molecular flexibility index (Phi) is 7.01. The van der Waals surface area contributed by atoms with Gasteiger partial charge in [-0.1, -0.05) is 24.3 Å². The van der Waals surface area contributed by atoms with Crippen LogP contribution in [0.3, 0.4) is 0 Å². The summed E-state index contributed by atoms with van der Waals surface area (Å²) >= 11 is 0. The van der Waals surface area contributed by atoms with Gasteiger partial charge in [-0.05, 0) is 38.0 Å². The predicted octanol–water partition coefficient (Wildman–Crippen LogP) is 2.16. The van der Waals surface area contributed by atoms with E-state index in [2.05, 4.69) is 5.32 Å². The molecule has 0 aliphatic rings. The number of allylic oxidation sites excluding steroid dienone is 1. The summed E-state index contributed by atoms with van der Waals surface area (Å²) in [4.78, 5) is 22.9. The van der Waals surface area contributed by atoms with E-state index >= 15 is 0 Å². The first-order valence-corrected chi connectivity index (χ1v) is 6.91. The van der Waals surface area contributed by atoms with Gasteiger partial charge >= 0.3 is 5.97 Å². The number of carboxylic acids is 1. The zero-order valence-electron chi connectivity index (χ0n) is 12.3. The lowest BCUT2D eigenvalue weighted by Gasteiger charge is -2.12. The number of aliphatic carboxylic acids is 1. The van der Waals surface area contributed by atoms with Crippen molar-refractivity contribution in [1.29, 1.82) is 0 Å². The van der Waals surface area contributed by atoms with Gasteiger partial charge in [-0.25, -0.2) is 4.79 Å². The van der Waals surface area contributed by atoms with Gasteiger partial charge in [-0.15, -0.1) is 0 Å². The van der Waals surface area contributed by atoms with Crippen molar-refractivity contribution in [1.82, 2.24) is 5.32 Å². The molecule has 0 spiro atoms. The monoisotopic (exact) mass is 291 g/mol. The van der Waals surface area contributed by atoms with Gasteiger partial charge < -0.3 is 15.2 Å². The molecule has 0 aliphatic heterocycles. The van der Waals surface area contributed by atoms with Crippen molar-refractivity contribution in [2.24, 2.45) is 0 Å². The zero-order valence-corrected chi connectivity index (χ0v) is 12.3. The summed E-state index contributed by atoms with van der Waals surface area (Å²) in [5.74, 6) is -0.595. The smallest absolute Gasteiger partial charge is 0.326 e. The van der Waals surface area contributed by atoms with E-state index in [1.54, 1.807) is 43.3 Å². The molecule has 2 N–H and O–H groups in total. The Labute approximate surface area is 124 Å². The van der Waals surface area contributed by atoms with Crippen LogP contribution in [0.25, 0.3) is 0 Å². The number of amides is 1. The number of benzene rings is 1. The molecule has 0 aliphatic carbocycles. The van der Waals surface area contributed by atoms with Crippen molar-refractivity contribution >= 4 is 11.9 Å². The highest BCUT2D eigenvalue weighted by Crippen LogP contribution is 2.12. The van der Waals surface area contributed by atoms with Crippen LogP contribution < -0.4 is 10.1 Å². The molecule has 0 aromatic heterocycles. The number of ether oxygens (including phenoxy) is 1. The molecule has 1 unspecified atom stereocenters. The Morgan fingerprint density at radius 2 is 2.00 bits per heavy atom. The minimum Gasteiger partial charge on any atom is -0.494 e. The average Bonchev–Trinajstić information content (AvgIpc) is 2.45. The number of carbonyl (C=O) groups excluding carboxylic acids is 1. The number of hydrogen-bond acceptors (Lipinski definition) is 3. The van der Waals surface area contributed by atoms with Crippen LogP contribution in [0.2, 0.25) is 0 Å². The van der Waals surface area contributed by atoms with Crippen molar-refractivity contribution in [3.8, 4) is 5.75 Å². The van der Waals surface area contributed by atoms with Crippen LogP contribution in [-0.4, -0.2) is 29.6 Å². The lowest BCUT2D eigenvalue weighted by atomic mass is 10.1. The van der Waals surface area contributed by atoms with Gasteiger partial charge in [-0.3, -0.25) is 4.79 Å². The molecule has 21 heavy (non-hydrogen) atoms. The molecule has 0 fully saturated rings. The Balaban J connectivity index is 2.56. The van der Waals surface area contributed by atoms with Crippen LogP contribution in [0.15, 0.2) is 36.4 Å². The normalized spacial score (nSPS) is 12.1. The SMILES string of the molecule is C/C=C/CC(NC(=O)Cc1ccc(OCC)cc1)C(=O)O. The number of hydrogen-bond donors (Lipinski definition) is 2. The van der Waals surface area contributed by atoms with E-state index in [4.69, 9.17) is 9.84 Å². The van der Waals surface area contributed by atoms with Gasteiger partial charge in [0, 0.05) is 0 Å². The van der Waals surface area contributed by atoms with Gasteiger partial charge in [0.1, 0.15) is 11.8 Å². The first kappa shape index (κ1) is 16.8. The third-order valence-electron chi connectivity index (χ3n) is 2.84. The summed E-state index contributed by atoms with van der Waals surface area (Å²) in [7, 11) is 0. The quantitative estimate of drug-likeness (QED) is 0.720. The molecule has 5 nitrogen and oxygen atoms in total. The van der Waals surface area contributed by atoms with E-state index < -0.39 is 12.0 Å². The molecule has 0 saturated heterocycles. The maximum atomic E-state index is 11.9. The van der Waals surface area contributed by atoms with Crippen molar-refractivity contribution in [3.63, 3.8) is 0 Å². The van der Waals surface area contributed by atoms with Crippen molar-refractivity contribution in [2.75, 3.05) is 6.61 Å². The summed E-state index contributed by atoms with van der Waals surface area (Å²) in [5, 5.41) is 11.6. The van der Waals surface area contributed by atoms with E-state index in [0.29, 0.717) is 6.61 Å². The number of carbonyl (C=O) groups is 2. The third-order valence-corrected chi connectivity index (χ3v) is 2.84. The highest BCUT2D eigenvalue weighted by atomic mass is 16.5. The van der Waals surface area contributed by atoms with Crippen LogP contribution in [-0.2, 0) is 16.0 Å². The van der Waals surface area contributed by atoms with Gasteiger partial charge in [0.05, 0.1) is 13.0 Å². The first-order valence-electron chi connectivity index (χ1n) is 6.91. The Morgan fingerprint density at radius 3 is 2.52 bits per heavy atom. The highest BCUT2D eigenvalue weighted by molar-refractivity contribution is 5.84. The third kappa shape index (κ3) is 6.12. The van der Waals surface area contributed by atoms with Crippen molar-refractivity contribution < 1.29 is 19.4 Å². The fourth-order valence-electron chi connectivity index (χ4n) is 1.79. The van der Waals surface area contributed by atoms with E-state index in [9.17, 15) is 9.59 Å². The van der Waals surface area contributed by atoms with Crippen LogP contribution in [0, 0.1) is 0 Å². The van der Waals surface area contributed by atoms with E-state index in [0.717, 1.165) is 11.3 Å². The largest absolute Gasteiger partial charge is 0.494 e. The fourth-order valence-corrected chi connectivity index (χ4v) is 1.79. The van der Waals surface area contributed by atoms with Crippen LogP contribution in [0.4, 0.5) is 0 Å². The molecular weight excluding hydrogens is 270 g/mol. The fraction of sp³-hybridized carbons (Fsp3) is 0.375. The lowest BCUT2D eigenvalue weighted by Crippen LogP contribution is -2.41. The van der Waals surface area contributed by atoms with E-state index in [1.165, 1.54) is 0 Å². The molecule has 0 radical (unpaired) electrons. The molecule has 5 heteroatoms. The Bertz CT molecular complexity index is 494. The molecule has 1 aromatic carbocycles. The second-order valence-electron chi connectivity index (χ2n) is 4.52. The standard InChI is InChI=1S/C16H21NO4/c1-3-5-6-14(16(19)20)17-15(18)11-12-7-9-13(10-8-12)21-4-2/h3,5,7-10,14H,4,6,11H2,1-2H3,(H,17,18)(H,19,20)/b5-3+. The highest BCUT2D eigenvalue weighted by Gasteiger charge is 2.18. The van der Waals surface area contributed by atoms with Crippen LogP contribution >= 0.6 is 0 Å². The average molecular weight is 291 g/mol. The van der Waals surface area contributed by atoms with E-state index in [1.807, 2.05) is 6.92 Å². The van der Waals surface area contributed by atoms with Gasteiger partial charge in [0.2, 0.25) is 5.91 Å². The minimum atomic E-state index is -1.03. The summed E-state index contributed by atoms with van der Waals surface area (Å²) < 4.78 is 5.32. The molecule has 1 atom stereocenters. The summed E-state index contributed by atoms with van der Waals surface area (Å²) in [6.45, 7) is 4.30. The van der Waals surface area contributed by atoms with Gasteiger partial charge in [0.25, 0.3) is 0 Å². The minimum absolute atomic E-state index is 0.145. The van der Waals surface area contributed by atoms with Gasteiger partial charge in [-0.2, -0.15) is 0 Å². The molecule has 0 heterocycles. The second-order valence-corrected chi connectivity index (χ2v) is 4.52. The lowest BCUT2D eigenvalue weighted by molar-refractivity contribution is -0.141. The Hall–Kier alpha value is -2.30. The zero-order chi connectivity index (χ0) is 15.7. The number of rotatable bonds is 8.